The first kappa shape index (κ1) is 18.9. The van der Waals surface area contributed by atoms with Crippen LogP contribution in [0.3, 0.4) is 0 Å². The normalized spacial score (nSPS) is 18.0. The van der Waals surface area contributed by atoms with Crippen LogP contribution in [0.25, 0.3) is 0 Å². The summed E-state index contributed by atoms with van der Waals surface area (Å²) in [7, 11) is 1.73. The van der Waals surface area contributed by atoms with Gasteiger partial charge in [0, 0.05) is 56.2 Å². The Morgan fingerprint density at radius 3 is 2.75 bits per heavy atom. The molecular weight excluding hydrogens is 352 g/mol. The largest absolute Gasteiger partial charge is 0.496 e. The zero-order valence-electron chi connectivity index (χ0n) is 16.7. The molecule has 0 N–H and O–H groups in total. The Labute approximate surface area is 166 Å². The maximum absolute atomic E-state index is 11.6. The van der Waals surface area contributed by atoms with Gasteiger partial charge in [-0.15, -0.1) is 0 Å². The van der Waals surface area contributed by atoms with Crippen LogP contribution in [0.15, 0.2) is 30.5 Å². The van der Waals surface area contributed by atoms with Crippen molar-refractivity contribution < 1.29 is 9.53 Å². The van der Waals surface area contributed by atoms with Crippen molar-refractivity contribution in [1.29, 1.82) is 0 Å². The van der Waals surface area contributed by atoms with Crippen molar-refractivity contribution in [3.05, 3.63) is 53.1 Å². The molecule has 1 fully saturated rings. The molecule has 2 aliphatic rings. The average Bonchev–Trinajstić information content (AvgIpc) is 2.74. The molecule has 0 unspecified atom stereocenters. The summed E-state index contributed by atoms with van der Waals surface area (Å²) < 4.78 is 5.48. The number of ether oxygens (including phenoxy) is 1. The second kappa shape index (κ2) is 8.27. The molecule has 0 atom stereocenters. The van der Waals surface area contributed by atoms with E-state index in [1.165, 1.54) is 5.56 Å². The molecule has 2 aliphatic heterocycles. The van der Waals surface area contributed by atoms with Gasteiger partial charge in [0.15, 0.2) is 0 Å². The minimum atomic E-state index is 0.122. The quantitative estimate of drug-likeness (QED) is 0.816. The third-order valence-electron chi connectivity index (χ3n) is 5.94. The second-order valence-corrected chi connectivity index (χ2v) is 7.75. The second-order valence-electron chi connectivity index (χ2n) is 7.75. The lowest BCUT2D eigenvalue weighted by Crippen LogP contribution is -2.36. The number of nitrogens with zero attached hydrogens (tertiary/aromatic N) is 4. The van der Waals surface area contributed by atoms with Crippen molar-refractivity contribution >= 4 is 5.91 Å². The predicted octanol–water partition coefficient (Wildman–Crippen LogP) is 2.77. The Balaban J connectivity index is 1.37. The number of para-hydroxylation sites is 1. The number of benzene rings is 1. The molecule has 6 nitrogen and oxygen atoms in total. The molecule has 148 valence electrons. The van der Waals surface area contributed by atoms with Crippen LogP contribution in [-0.4, -0.2) is 52.4 Å². The van der Waals surface area contributed by atoms with Gasteiger partial charge in [0.1, 0.15) is 11.6 Å². The standard InChI is InChI=1S/C22H28N4O2/c1-16(27)26-12-9-20-19(15-26)13-23-22(24-20)17-7-10-25(11-8-17)14-18-5-3-4-6-21(18)28-2/h3-6,13,17H,7-12,14-15H2,1-2H3. The van der Waals surface area contributed by atoms with Crippen LogP contribution in [0, 0.1) is 0 Å². The number of fused-ring (bicyclic) bond motifs is 1. The topological polar surface area (TPSA) is 58.6 Å². The van der Waals surface area contributed by atoms with Crippen LogP contribution in [0.1, 0.15) is 48.3 Å². The lowest BCUT2D eigenvalue weighted by atomic mass is 9.95. The van der Waals surface area contributed by atoms with Crippen LogP contribution in [0.4, 0.5) is 0 Å². The molecule has 0 radical (unpaired) electrons. The van der Waals surface area contributed by atoms with E-state index in [2.05, 4.69) is 22.0 Å². The number of carbonyl (C=O) groups excluding carboxylic acids is 1. The van der Waals surface area contributed by atoms with E-state index >= 15 is 0 Å². The van der Waals surface area contributed by atoms with Crippen molar-refractivity contribution in [2.24, 2.45) is 0 Å². The number of hydrogen-bond acceptors (Lipinski definition) is 5. The Morgan fingerprint density at radius 2 is 2.00 bits per heavy atom. The number of amides is 1. The summed E-state index contributed by atoms with van der Waals surface area (Å²) in [5, 5.41) is 0. The van der Waals surface area contributed by atoms with E-state index in [1.807, 2.05) is 23.2 Å². The lowest BCUT2D eigenvalue weighted by molar-refractivity contribution is -0.129. The molecule has 4 rings (SSSR count). The molecule has 0 aliphatic carbocycles. The lowest BCUT2D eigenvalue weighted by Gasteiger charge is -2.32. The monoisotopic (exact) mass is 380 g/mol. The van der Waals surface area contributed by atoms with Crippen molar-refractivity contribution in [3.63, 3.8) is 0 Å². The van der Waals surface area contributed by atoms with Gasteiger partial charge in [0.2, 0.25) is 5.91 Å². The summed E-state index contributed by atoms with van der Waals surface area (Å²) in [5.74, 6) is 2.48. The summed E-state index contributed by atoms with van der Waals surface area (Å²) in [4.78, 5) is 25.5. The van der Waals surface area contributed by atoms with Gasteiger partial charge in [-0.1, -0.05) is 18.2 Å². The highest BCUT2D eigenvalue weighted by atomic mass is 16.5. The fourth-order valence-electron chi connectivity index (χ4n) is 4.22. The van der Waals surface area contributed by atoms with Gasteiger partial charge >= 0.3 is 0 Å². The molecule has 0 bridgehead atoms. The van der Waals surface area contributed by atoms with Gasteiger partial charge < -0.3 is 9.64 Å². The van der Waals surface area contributed by atoms with E-state index in [1.54, 1.807) is 14.0 Å². The number of carbonyl (C=O) groups is 1. The van der Waals surface area contributed by atoms with Gasteiger partial charge in [-0.2, -0.15) is 0 Å². The number of hydrogen-bond donors (Lipinski definition) is 0. The Morgan fingerprint density at radius 1 is 1.21 bits per heavy atom. The third kappa shape index (κ3) is 4.02. The zero-order valence-corrected chi connectivity index (χ0v) is 16.7. The molecule has 2 aromatic rings. The molecule has 0 saturated carbocycles. The van der Waals surface area contributed by atoms with Crippen molar-refractivity contribution in [2.75, 3.05) is 26.7 Å². The van der Waals surface area contributed by atoms with Crippen LogP contribution in [-0.2, 0) is 24.3 Å². The summed E-state index contributed by atoms with van der Waals surface area (Å²) >= 11 is 0. The molecular formula is C22H28N4O2. The summed E-state index contributed by atoms with van der Waals surface area (Å²) in [6, 6.07) is 8.24. The van der Waals surface area contributed by atoms with E-state index in [-0.39, 0.29) is 5.91 Å². The highest BCUT2D eigenvalue weighted by Crippen LogP contribution is 2.29. The van der Waals surface area contributed by atoms with E-state index < -0.39 is 0 Å². The Hall–Kier alpha value is -2.47. The van der Waals surface area contributed by atoms with E-state index in [0.717, 1.165) is 68.3 Å². The van der Waals surface area contributed by atoms with Gasteiger partial charge in [0.05, 0.1) is 12.8 Å². The van der Waals surface area contributed by atoms with Gasteiger partial charge in [-0.25, -0.2) is 9.97 Å². The molecule has 28 heavy (non-hydrogen) atoms. The van der Waals surface area contributed by atoms with Crippen molar-refractivity contribution in [2.45, 2.75) is 45.2 Å². The van der Waals surface area contributed by atoms with Crippen molar-refractivity contribution in [1.82, 2.24) is 19.8 Å². The highest BCUT2D eigenvalue weighted by molar-refractivity contribution is 5.73. The first-order valence-corrected chi connectivity index (χ1v) is 10.1. The highest BCUT2D eigenvalue weighted by Gasteiger charge is 2.26. The zero-order chi connectivity index (χ0) is 19.5. The first-order chi connectivity index (χ1) is 13.6. The van der Waals surface area contributed by atoms with Gasteiger partial charge in [-0.05, 0) is 32.0 Å². The molecule has 1 amide bonds. The first-order valence-electron chi connectivity index (χ1n) is 10.1. The van der Waals surface area contributed by atoms with Gasteiger partial charge in [0.25, 0.3) is 0 Å². The van der Waals surface area contributed by atoms with Crippen LogP contribution in [0.2, 0.25) is 0 Å². The van der Waals surface area contributed by atoms with Gasteiger partial charge in [-0.3, -0.25) is 9.69 Å². The van der Waals surface area contributed by atoms with E-state index in [9.17, 15) is 4.79 Å². The van der Waals surface area contributed by atoms with E-state index in [0.29, 0.717) is 12.5 Å². The molecule has 1 saturated heterocycles. The maximum Gasteiger partial charge on any atom is 0.219 e. The Bertz CT molecular complexity index is 846. The smallest absolute Gasteiger partial charge is 0.219 e. The summed E-state index contributed by atoms with van der Waals surface area (Å²) in [5.41, 5.74) is 3.46. The Kier molecular flexibility index (Phi) is 5.57. The average molecular weight is 380 g/mol. The SMILES string of the molecule is COc1ccccc1CN1CCC(c2ncc3c(n2)CCN(C(C)=O)C3)CC1. The molecule has 0 spiro atoms. The number of aromatic nitrogens is 2. The fourth-order valence-corrected chi connectivity index (χ4v) is 4.22. The molecule has 3 heterocycles. The fraction of sp³-hybridized carbons (Fsp3) is 0.500. The molecule has 6 heteroatoms. The molecule has 1 aromatic carbocycles. The van der Waals surface area contributed by atoms with Crippen LogP contribution >= 0.6 is 0 Å². The third-order valence-corrected chi connectivity index (χ3v) is 5.94. The van der Waals surface area contributed by atoms with E-state index in [4.69, 9.17) is 9.72 Å². The minimum absolute atomic E-state index is 0.122. The minimum Gasteiger partial charge on any atom is -0.496 e. The van der Waals surface area contributed by atoms with Crippen molar-refractivity contribution in [3.8, 4) is 5.75 Å². The summed E-state index contributed by atoms with van der Waals surface area (Å²) in [6.45, 7) is 6.03. The van der Waals surface area contributed by atoms with Crippen LogP contribution < -0.4 is 4.74 Å². The number of likely N-dealkylation sites (tertiary alicyclic amines) is 1. The number of piperidine rings is 1. The van der Waals surface area contributed by atoms with Crippen LogP contribution in [0.5, 0.6) is 5.75 Å². The predicted molar refractivity (Wildman–Crippen MR) is 107 cm³/mol. The molecule has 1 aromatic heterocycles. The summed E-state index contributed by atoms with van der Waals surface area (Å²) in [6.07, 6.45) is 4.92. The number of rotatable bonds is 4. The number of methoxy groups -OCH3 is 1. The maximum atomic E-state index is 11.6.